The van der Waals surface area contributed by atoms with E-state index in [0.29, 0.717) is 5.75 Å². The van der Waals surface area contributed by atoms with Gasteiger partial charge in [0.1, 0.15) is 18.1 Å². The van der Waals surface area contributed by atoms with Crippen LogP contribution in [0.4, 0.5) is 10.1 Å². The molecular weight excluding hydrogens is 419 g/mol. The van der Waals surface area contributed by atoms with Crippen LogP contribution in [0.5, 0.6) is 5.75 Å². The molecule has 8 heteroatoms. The monoisotopic (exact) mass is 442 g/mol. The van der Waals surface area contributed by atoms with Crippen molar-refractivity contribution >= 4 is 21.6 Å². The third-order valence-electron chi connectivity index (χ3n) is 4.68. The van der Waals surface area contributed by atoms with Crippen LogP contribution in [0, 0.1) is 12.7 Å². The van der Waals surface area contributed by atoms with Crippen molar-refractivity contribution in [3.8, 4) is 5.75 Å². The first-order chi connectivity index (χ1) is 14.8. The van der Waals surface area contributed by atoms with E-state index in [9.17, 15) is 17.6 Å². The molecule has 31 heavy (non-hydrogen) atoms. The molecule has 162 valence electrons. The fraction of sp³-hybridized carbons (Fsp3) is 0.174. The van der Waals surface area contributed by atoms with E-state index in [4.69, 9.17) is 4.74 Å². The van der Waals surface area contributed by atoms with E-state index < -0.39 is 28.3 Å². The molecule has 0 spiro atoms. The molecule has 0 aliphatic rings. The number of methoxy groups -OCH3 is 1. The number of rotatable bonds is 8. The zero-order valence-electron chi connectivity index (χ0n) is 17.2. The maximum atomic E-state index is 13.4. The van der Waals surface area contributed by atoms with Gasteiger partial charge in [0.15, 0.2) is 0 Å². The number of para-hydroxylation sites is 1. The SMILES string of the molecule is COc1ccccc1CNC(=O)CN(c1ccc(F)cc1)S(=O)(=O)c1ccc(C)cc1. The van der Waals surface area contributed by atoms with Gasteiger partial charge in [-0.3, -0.25) is 9.10 Å². The first-order valence-corrected chi connectivity index (χ1v) is 11.0. The second kappa shape index (κ2) is 9.61. The third kappa shape index (κ3) is 5.40. The summed E-state index contributed by atoms with van der Waals surface area (Å²) in [5.74, 6) is -0.395. The Bertz CT molecular complexity index is 1150. The van der Waals surface area contributed by atoms with Crippen molar-refractivity contribution in [2.24, 2.45) is 0 Å². The number of amides is 1. The van der Waals surface area contributed by atoms with E-state index in [1.165, 1.54) is 31.4 Å². The number of hydrogen-bond acceptors (Lipinski definition) is 4. The van der Waals surface area contributed by atoms with Crippen LogP contribution >= 0.6 is 0 Å². The van der Waals surface area contributed by atoms with Gasteiger partial charge in [-0.1, -0.05) is 35.9 Å². The fourth-order valence-corrected chi connectivity index (χ4v) is 4.41. The maximum absolute atomic E-state index is 13.4. The first-order valence-electron chi connectivity index (χ1n) is 9.55. The summed E-state index contributed by atoms with van der Waals surface area (Å²) in [7, 11) is -2.52. The average Bonchev–Trinajstić information content (AvgIpc) is 2.77. The molecule has 0 heterocycles. The Morgan fingerprint density at radius 1 is 1.00 bits per heavy atom. The minimum absolute atomic E-state index is 0.0416. The standard InChI is InChI=1S/C23H23FN2O4S/c1-17-7-13-21(14-8-17)31(28,29)26(20-11-9-19(24)10-12-20)16-23(27)25-15-18-5-3-4-6-22(18)30-2/h3-14H,15-16H2,1-2H3,(H,25,27). The predicted octanol–water partition coefficient (Wildman–Crippen LogP) is 3.65. The van der Waals surface area contributed by atoms with Gasteiger partial charge in [-0.05, 0) is 49.4 Å². The van der Waals surface area contributed by atoms with Crippen molar-refractivity contribution < 1.29 is 22.3 Å². The molecule has 3 aromatic carbocycles. The molecule has 0 atom stereocenters. The molecule has 0 saturated carbocycles. The van der Waals surface area contributed by atoms with Crippen molar-refractivity contribution in [2.75, 3.05) is 18.0 Å². The van der Waals surface area contributed by atoms with Crippen LogP contribution in [0.25, 0.3) is 0 Å². The van der Waals surface area contributed by atoms with Crippen LogP contribution < -0.4 is 14.4 Å². The van der Waals surface area contributed by atoms with E-state index in [-0.39, 0.29) is 17.1 Å². The lowest BCUT2D eigenvalue weighted by Crippen LogP contribution is -2.40. The minimum atomic E-state index is -4.05. The highest BCUT2D eigenvalue weighted by Crippen LogP contribution is 2.24. The molecule has 0 radical (unpaired) electrons. The minimum Gasteiger partial charge on any atom is -0.496 e. The van der Waals surface area contributed by atoms with Crippen LogP contribution in [0.3, 0.4) is 0 Å². The number of hydrogen-bond donors (Lipinski definition) is 1. The van der Waals surface area contributed by atoms with Gasteiger partial charge in [-0.15, -0.1) is 0 Å². The van der Waals surface area contributed by atoms with Crippen LogP contribution in [-0.2, 0) is 21.4 Å². The molecule has 1 amide bonds. The van der Waals surface area contributed by atoms with Gasteiger partial charge in [0.2, 0.25) is 5.91 Å². The Labute approximate surface area is 181 Å². The zero-order valence-corrected chi connectivity index (χ0v) is 18.0. The van der Waals surface area contributed by atoms with Crippen molar-refractivity contribution in [1.29, 1.82) is 0 Å². The largest absolute Gasteiger partial charge is 0.496 e. The van der Waals surface area contributed by atoms with Gasteiger partial charge in [0, 0.05) is 12.1 Å². The number of carbonyl (C=O) groups excluding carboxylic acids is 1. The molecule has 1 N–H and O–H groups in total. The summed E-state index contributed by atoms with van der Waals surface area (Å²) >= 11 is 0. The Morgan fingerprint density at radius 3 is 2.29 bits per heavy atom. The summed E-state index contributed by atoms with van der Waals surface area (Å²) in [6.45, 7) is 1.56. The van der Waals surface area contributed by atoms with Gasteiger partial charge in [0.25, 0.3) is 10.0 Å². The highest BCUT2D eigenvalue weighted by Gasteiger charge is 2.27. The van der Waals surface area contributed by atoms with Crippen molar-refractivity contribution in [3.05, 3.63) is 89.7 Å². The number of ether oxygens (including phenoxy) is 1. The van der Waals surface area contributed by atoms with Gasteiger partial charge in [-0.2, -0.15) is 0 Å². The second-order valence-corrected chi connectivity index (χ2v) is 8.75. The molecule has 6 nitrogen and oxygen atoms in total. The van der Waals surface area contributed by atoms with E-state index in [1.807, 2.05) is 19.1 Å². The summed E-state index contributed by atoms with van der Waals surface area (Å²) in [5, 5.41) is 2.72. The molecule has 0 aliphatic heterocycles. The lowest BCUT2D eigenvalue weighted by Gasteiger charge is -2.24. The van der Waals surface area contributed by atoms with Crippen molar-refractivity contribution in [3.63, 3.8) is 0 Å². The predicted molar refractivity (Wildman–Crippen MR) is 117 cm³/mol. The van der Waals surface area contributed by atoms with Crippen molar-refractivity contribution in [2.45, 2.75) is 18.4 Å². The van der Waals surface area contributed by atoms with E-state index in [1.54, 1.807) is 24.3 Å². The molecule has 0 fully saturated rings. The highest BCUT2D eigenvalue weighted by molar-refractivity contribution is 7.92. The molecule has 0 saturated heterocycles. The molecule has 3 rings (SSSR count). The average molecular weight is 443 g/mol. The summed E-state index contributed by atoms with van der Waals surface area (Å²) in [6, 6.07) is 18.5. The lowest BCUT2D eigenvalue weighted by molar-refractivity contribution is -0.119. The number of nitrogens with one attached hydrogen (secondary N) is 1. The lowest BCUT2D eigenvalue weighted by atomic mass is 10.2. The maximum Gasteiger partial charge on any atom is 0.264 e. The molecule has 0 bridgehead atoms. The number of carbonyl (C=O) groups is 1. The van der Waals surface area contributed by atoms with E-state index >= 15 is 0 Å². The Kier molecular flexibility index (Phi) is 6.91. The van der Waals surface area contributed by atoms with Crippen LogP contribution in [0.2, 0.25) is 0 Å². The van der Waals surface area contributed by atoms with E-state index in [0.717, 1.165) is 27.6 Å². The summed E-state index contributed by atoms with van der Waals surface area (Å²) < 4.78 is 46.2. The third-order valence-corrected chi connectivity index (χ3v) is 6.47. The summed E-state index contributed by atoms with van der Waals surface area (Å²) in [4.78, 5) is 12.7. The molecule has 0 aliphatic carbocycles. The highest BCUT2D eigenvalue weighted by atomic mass is 32.2. The summed E-state index contributed by atoms with van der Waals surface area (Å²) in [6.07, 6.45) is 0. The van der Waals surface area contributed by atoms with E-state index in [2.05, 4.69) is 5.32 Å². The normalized spacial score (nSPS) is 11.1. The number of anilines is 1. The molecule has 3 aromatic rings. The van der Waals surface area contributed by atoms with Crippen LogP contribution in [0.1, 0.15) is 11.1 Å². The molecule has 0 unspecified atom stereocenters. The number of nitrogens with zero attached hydrogens (tertiary/aromatic N) is 1. The first kappa shape index (κ1) is 22.3. The quantitative estimate of drug-likeness (QED) is 0.578. The number of halogens is 1. The molecular formula is C23H23FN2O4S. The van der Waals surface area contributed by atoms with Gasteiger partial charge < -0.3 is 10.1 Å². The summed E-state index contributed by atoms with van der Waals surface area (Å²) in [5.41, 5.74) is 1.85. The van der Waals surface area contributed by atoms with Gasteiger partial charge >= 0.3 is 0 Å². The van der Waals surface area contributed by atoms with Crippen molar-refractivity contribution in [1.82, 2.24) is 5.32 Å². The van der Waals surface area contributed by atoms with Crippen LogP contribution in [-0.4, -0.2) is 28.0 Å². The number of sulfonamides is 1. The van der Waals surface area contributed by atoms with Gasteiger partial charge in [0.05, 0.1) is 17.7 Å². The van der Waals surface area contributed by atoms with Crippen LogP contribution in [0.15, 0.2) is 77.7 Å². The number of benzene rings is 3. The fourth-order valence-electron chi connectivity index (χ4n) is 2.99. The second-order valence-electron chi connectivity index (χ2n) is 6.89. The Hall–Kier alpha value is -3.39. The Balaban J connectivity index is 1.85. The smallest absolute Gasteiger partial charge is 0.264 e. The number of aryl methyl sites for hydroxylation is 1. The van der Waals surface area contributed by atoms with Gasteiger partial charge in [-0.25, -0.2) is 12.8 Å². The Morgan fingerprint density at radius 2 is 1.65 bits per heavy atom. The topological polar surface area (TPSA) is 75.7 Å². The molecule has 0 aromatic heterocycles. The zero-order chi connectivity index (χ0) is 22.4.